The maximum Gasteiger partial charge on any atom is 0.249 e. The summed E-state index contributed by atoms with van der Waals surface area (Å²) in [6.07, 6.45) is 3.52. The van der Waals surface area contributed by atoms with Crippen molar-refractivity contribution in [2.75, 3.05) is 4.90 Å². The number of para-hydroxylation sites is 1. The van der Waals surface area contributed by atoms with Gasteiger partial charge in [0.25, 0.3) is 0 Å². The van der Waals surface area contributed by atoms with Crippen molar-refractivity contribution >= 4 is 28.5 Å². The minimum atomic E-state index is -0.870. The molecule has 0 fully saturated rings. The van der Waals surface area contributed by atoms with Crippen LogP contribution in [0, 0.1) is 0 Å². The molecule has 4 aromatic rings. The van der Waals surface area contributed by atoms with Crippen molar-refractivity contribution in [3.05, 3.63) is 78.1 Å². The van der Waals surface area contributed by atoms with Gasteiger partial charge >= 0.3 is 0 Å². The van der Waals surface area contributed by atoms with E-state index >= 15 is 0 Å². The number of aryl methyl sites for hydroxylation is 2. The van der Waals surface area contributed by atoms with Gasteiger partial charge in [-0.2, -0.15) is 0 Å². The Morgan fingerprint density at radius 3 is 2.39 bits per heavy atom. The predicted molar refractivity (Wildman–Crippen MR) is 142 cm³/mol. The normalized spacial score (nSPS) is 12.5. The number of nitrogens with one attached hydrogen (secondary N) is 1. The lowest BCUT2D eigenvalue weighted by Gasteiger charge is -2.34. The molecule has 0 aliphatic rings. The molecule has 8 nitrogen and oxygen atoms in total. The summed E-state index contributed by atoms with van der Waals surface area (Å²) < 4.78 is 3.47. The van der Waals surface area contributed by atoms with Crippen LogP contribution in [0.2, 0.25) is 0 Å². The number of fused-ring (bicyclic) bond motifs is 1. The fourth-order valence-electron chi connectivity index (χ4n) is 4.20. The lowest BCUT2D eigenvalue weighted by molar-refractivity contribution is -0.128. The molecule has 0 spiro atoms. The molecule has 0 unspecified atom stereocenters. The molecule has 4 rings (SSSR count). The number of hydrogen-bond donors (Lipinski definition) is 1. The molecule has 0 aliphatic heterocycles. The molecule has 1 atom stereocenters. The maximum absolute atomic E-state index is 14.0. The summed E-state index contributed by atoms with van der Waals surface area (Å²) in [4.78, 5) is 29.5. The number of amides is 2. The highest BCUT2D eigenvalue weighted by Gasteiger charge is 2.36. The van der Waals surface area contributed by atoms with E-state index in [4.69, 9.17) is 0 Å². The van der Waals surface area contributed by atoms with Crippen LogP contribution in [0.3, 0.4) is 0 Å². The molecule has 2 amide bonds. The topological polar surface area (TPSA) is 85.1 Å². The third kappa shape index (κ3) is 5.17. The highest BCUT2D eigenvalue weighted by molar-refractivity contribution is 6.01. The smallest absolute Gasteiger partial charge is 0.249 e. The Morgan fingerprint density at radius 1 is 1.03 bits per heavy atom. The van der Waals surface area contributed by atoms with E-state index in [1.165, 1.54) is 0 Å². The molecule has 188 valence electrons. The third-order valence-corrected chi connectivity index (χ3v) is 6.71. The molecule has 8 heteroatoms. The number of nitrogens with zero attached hydrogens (tertiary/aromatic N) is 5. The molecule has 0 bridgehead atoms. The Bertz CT molecular complexity index is 1350. The first-order valence-corrected chi connectivity index (χ1v) is 12.4. The van der Waals surface area contributed by atoms with Crippen LogP contribution in [0.4, 0.5) is 5.69 Å². The second kappa shape index (κ2) is 10.4. The van der Waals surface area contributed by atoms with Crippen LogP contribution in [0.5, 0.6) is 0 Å². The van der Waals surface area contributed by atoms with E-state index in [1.807, 2.05) is 99.2 Å². The van der Waals surface area contributed by atoms with Gasteiger partial charge in [-0.3, -0.25) is 14.5 Å². The van der Waals surface area contributed by atoms with Gasteiger partial charge in [-0.15, -0.1) is 5.10 Å². The highest BCUT2D eigenvalue weighted by atomic mass is 16.2. The van der Waals surface area contributed by atoms with Gasteiger partial charge in [0, 0.05) is 24.5 Å². The van der Waals surface area contributed by atoms with Crippen LogP contribution in [-0.2, 0) is 29.6 Å². The second-order valence-corrected chi connectivity index (χ2v) is 9.69. The number of anilines is 1. The van der Waals surface area contributed by atoms with Crippen LogP contribution < -0.4 is 10.2 Å². The standard InChI is InChI=1S/C28H34N6O2/c1-6-20-14-16-21(17-15-20)34(25(35)19-33-23-12-9-8-11-22(23)30-31-33)26(24-13-10-18-32(24)5)27(36)29-28(3,4)7-2/h8-18,26H,6-7,19H2,1-5H3,(H,29,36)/t26-/m1/s1. The van der Waals surface area contributed by atoms with Gasteiger partial charge in [-0.05, 0) is 68.7 Å². The van der Waals surface area contributed by atoms with E-state index in [0.29, 0.717) is 11.2 Å². The zero-order chi connectivity index (χ0) is 25.9. The molecular weight excluding hydrogens is 452 g/mol. The fourth-order valence-corrected chi connectivity index (χ4v) is 4.20. The number of carbonyl (C=O) groups excluding carboxylic acids is 2. The number of benzene rings is 2. The Kier molecular flexibility index (Phi) is 7.24. The average molecular weight is 487 g/mol. The number of aromatic nitrogens is 4. The lowest BCUT2D eigenvalue weighted by atomic mass is 10.00. The molecule has 0 saturated carbocycles. The van der Waals surface area contributed by atoms with E-state index in [0.717, 1.165) is 29.6 Å². The Hall–Kier alpha value is -3.94. The van der Waals surface area contributed by atoms with Crippen molar-refractivity contribution in [1.82, 2.24) is 24.9 Å². The summed E-state index contributed by atoms with van der Waals surface area (Å²) in [6.45, 7) is 8.02. The van der Waals surface area contributed by atoms with Crippen molar-refractivity contribution in [2.24, 2.45) is 7.05 Å². The van der Waals surface area contributed by atoms with Gasteiger partial charge in [-0.25, -0.2) is 4.68 Å². The molecule has 2 heterocycles. The van der Waals surface area contributed by atoms with E-state index < -0.39 is 11.6 Å². The van der Waals surface area contributed by atoms with E-state index in [-0.39, 0.29) is 18.4 Å². The van der Waals surface area contributed by atoms with Crippen LogP contribution in [0.15, 0.2) is 66.9 Å². The average Bonchev–Trinajstić information content (AvgIpc) is 3.48. The molecule has 2 aromatic heterocycles. The van der Waals surface area contributed by atoms with Crippen molar-refractivity contribution in [1.29, 1.82) is 0 Å². The largest absolute Gasteiger partial charge is 0.352 e. The van der Waals surface area contributed by atoms with Gasteiger partial charge in [0.15, 0.2) is 6.04 Å². The Morgan fingerprint density at radius 2 is 1.75 bits per heavy atom. The number of hydrogen-bond acceptors (Lipinski definition) is 4. The first-order valence-electron chi connectivity index (χ1n) is 12.4. The second-order valence-electron chi connectivity index (χ2n) is 9.69. The van der Waals surface area contributed by atoms with Crippen LogP contribution >= 0.6 is 0 Å². The van der Waals surface area contributed by atoms with Crippen LogP contribution in [-0.4, -0.2) is 36.9 Å². The Labute approximate surface area is 211 Å². The summed E-state index contributed by atoms with van der Waals surface area (Å²) in [7, 11) is 1.88. The highest BCUT2D eigenvalue weighted by Crippen LogP contribution is 2.30. The fraction of sp³-hybridized carbons (Fsp3) is 0.357. The van der Waals surface area contributed by atoms with E-state index in [1.54, 1.807) is 9.58 Å². The minimum Gasteiger partial charge on any atom is -0.352 e. The zero-order valence-corrected chi connectivity index (χ0v) is 21.6. The summed E-state index contributed by atoms with van der Waals surface area (Å²) in [5, 5.41) is 11.6. The molecule has 0 radical (unpaired) electrons. The summed E-state index contributed by atoms with van der Waals surface area (Å²) in [6, 6.07) is 18.2. The quantitative estimate of drug-likeness (QED) is 0.380. The van der Waals surface area contributed by atoms with Gasteiger partial charge in [0.2, 0.25) is 11.8 Å². The van der Waals surface area contributed by atoms with Crippen molar-refractivity contribution < 1.29 is 9.59 Å². The number of rotatable bonds is 9. The van der Waals surface area contributed by atoms with E-state index in [9.17, 15) is 9.59 Å². The van der Waals surface area contributed by atoms with Crippen LogP contribution in [0.1, 0.15) is 51.4 Å². The molecule has 0 saturated heterocycles. The third-order valence-electron chi connectivity index (χ3n) is 6.71. The van der Waals surface area contributed by atoms with Gasteiger partial charge < -0.3 is 9.88 Å². The maximum atomic E-state index is 14.0. The summed E-state index contributed by atoms with van der Waals surface area (Å²) in [5.41, 5.74) is 3.57. The first-order chi connectivity index (χ1) is 17.2. The predicted octanol–water partition coefficient (Wildman–Crippen LogP) is 4.41. The Balaban J connectivity index is 1.81. The monoisotopic (exact) mass is 486 g/mol. The zero-order valence-electron chi connectivity index (χ0n) is 21.6. The van der Waals surface area contributed by atoms with Crippen molar-refractivity contribution in [3.8, 4) is 0 Å². The van der Waals surface area contributed by atoms with Crippen molar-refractivity contribution in [3.63, 3.8) is 0 Å². The minimum absolute atomic E-state index is 0.0542. The molecule has 0 aliphatic carbocycles. The van der Waals surface area contributed by atoms with E-state index in [2.05, 4.69) is 22.6 Å². The molecular formula is C28H34N6O2. The van der Waals surface area contributed by atoms with Crippen LogP contribution in [0.25, 0.3) is 11.0 Å². The van der Waals surface area contributed by atoms with Gasteiger partial charge in [0.1, 0.15) is 12.1 Å². The van der Waals surface area contributed by atoms with Crippen molar-refractivity contribution in [2.45, 2.75) is 58.7 Å². The summed E-state index contributed by atoms with van der Waals surface area (Å²) in [5.74, 6) is -0.495. The SMILES string of the molecule is CCc1ccc(N(C(=O)Cn2nnc3ccccc32)[C@@H](C(=O)NC(C)(C)CC)c2cccn2C)cc1. The van der Waals surface area contributed by atoms with Gasteiger partial charge in [0.05, 0.1) is 11.2 Å². The molecule has 2 aromatic carbocycles. The molecule has 36 heavy (non-hydrogen) atoms. The molecule has 1 N–H and O–H groups in total. The van der Waals surface area contributed by atoms with Gasteiger partial charge in [-0.1, -0.05) is 43.3 Å². The number of carbonyl (C=O) groups is 2. The summed E-state index contributed by atoms with van der Waals surface area (Å²) >= 11 is 0. The lowest BCUT2D eigenvalue weighted by Crippen LogP contribution is -2.51. The first kappa shape index (κ1) is 25.2.